The van der Waals surface area contributed by atoms with Crippen LogP contribution < -0.4 is 0 Å². The Morgan fingerprint density at radius 2 is 1.75 bits per heavy atom. The molecule has 1 aliphatic rings. The van der Waals surface area contributed by atoms with E-state index in [1.54, 1.807) is 0 Å². The molecule has 0 unspecified atom stereocenters. The van der Waals surface area contributed by atoms with Gasteiger partial charge in [-0.2, -0.15) is 0 Å². The SMILES string of the molecule is CN(C)CCC1(c2ccccc2)OCCO1. The van der Waals surface area contributed by atoms with Gasteiger partial charge in [-0.3, -0.25) is 0 Å². The molecule has 0 saturated carbocycles. The third-order valence-corrected chi connectivity index (χ3v) is 2.86. The Balaban J connectivity index is 2.16. The van der Waals surface area contributed by atoms with Crippen LogP contribution in [-0.2, 0) is 15.3 Å². The number of benzene rings is 1. The van der Waals surface area contributed by atoms with Crippen LogP contribution in [0.1, 0.15) is 12.0 Å². The molecular weight excluding hydrogens is 202 g/mol. The molecule has 0 N–H and O–H groups in total. The molecule has 0 aromatic heterocycles. The van der Waals surface area contributed by atoms with Crippen LogP contribution >= 0.6 is 0 Å². The summed E-state index contributed by atoms with van der Waals surface area (Å²) in [6, 6.07) is 10.2. The Hall–Kier alpha value is -0.900. The second kappa shape index (κ2) is 4.95. The van der Waals surface area contributed by atoms with Gasteiger partial charge in [0.25, 0.3) is 0 Å². The molecule has 0 atom stereocenters. The molecule has 1 heterocycles. The van der Waals surface area contributed by atoms with Crippen LogP contribution in [0.2, 0.25) is 0 Å². The van der Waals surface area contributed by atoms with Crippen molar-refractivity contribution in [1.82, 2.24) is 4.90 Å². The maximum atomic E-state index is 5.83. The predicted molar refractivity (Wildman–Crippen MR) is 63.2 cm³/mol. The monoisotopic (exact) mass is 221 g/mol. The van der Waals surface area contributed by atoms with Crippen molar-refractivity contribution in [2.75, 3.05) is 33.9 Å². The van der Waals surface area contributed by atoms with Crippen LogP contribution in [0, 0.1) is 0 Å². The molecule has 0 aliphatic carbocycles. The van der Waals surface area contributed by atoms with E-state index in [2.05, 4.69) is 31.1 Å². The van der Waals surface area contributed by atoms with Gasteiger partial charge in [-0.25, -0.2) is 0 Å². The van der Waals surface area contributed by atoms with Gasteiger partial charge in [0, 0.05) is 18.5 Å². The number of hydrogen-bond acceptors (Lipinski definition) is 3. The normalized spacial score (nSPS) is 19.2. The van der Waals surface area contributed by atoms with Crippen molar-refractivity contribution < 1.29 is 9.47 Å². The minimum absolute atomic E-state index is 0.522. The summed E-state index contributed by atoms with van der Waals surface area (Å²) >= 11 is 0. The quantitative estimate of drug-likeness (QED) is 0.774. The summed E-state index contributed by atoms with van der Waals surface area (Å²) in [7, 11) is 4.13. The van der Waals surface area contributed by atoms with Gasteiger partial charge in [-0.1, -0.05) is 30.3 Å². The van der Waals surface area contributed by atoms with Crippen LogP contribution in [-0.4, -0.2) is 38.8 Å². The smallest absolute Gasteiger partial charge is 0.196 e. The molecule has 88 valence electrons. The van der Waals surface area contributed by atoms with E-state index in [4.69, 9.17) is 9.47 Å². The molecule has 1 aliphatic heterocycles. The molecule has 3 heteroatoms. The van der Waals surface area contributed by atoms with E-state index in [1.807, 2.05) is 18.2 Å². The highest BCUT2D eigenvalue weighted by Gasteiger charge is 2.37. The summed E-state index contributed by atoms with van der Waals surface area (Å²) in [6.07, 6.45) is 0.865. The average Bonchev–Trinajstić information content (AvgIpc) is 2.78. The molecular formula is C13H19NO2. The van der Waals surface area contributed by atoms with Crippen LogP contribution in [0.25, 0.3) is 0 Å². The number of nitrogens with zero attached hydrogens (tertiary/aromatic N) is 1. The number of rotatable bonds is 4. The van der Waals surface area contributed by atoms with E-state index < -0.39 is 5.79 Å². The summed E-state index contributed by atoms with van der Waals surface area (Å²) in [5, 5.41) is 0. The zero-order valence-corrected chi connectivity index (χ0v) is 9.98. The van der Waals surface area contributed by atoms with Crippen molar-refractivity contribution in [2.24, 2.45) is 0 Å². The Labute approximate surface area is 97.0 Å². The van der Waals surface area contributed by atoms with Gasteiger partial charge < -0.3 is 14.4 Å². The third kappa shape index (κ3) is 2.43. The Morgan fingerprint density at radius 1 is 1.12 bits per heavy atom. The molecule has 16 heavy (non-hydrogen) atoms. The van der Waals surface area contributed by atoms with Gasteiger partial charge in [0.1, 0.15) is 0 Å². The molecule has 1 aromatic rings. The molecule has 0 amide bonds. The topological polar surface area (TPSA) is 21.7 Å². The van der Waals surface area contributed by atoms with Crippen molar-refractivity contribution in [3.63, 3.8) is 0 Å². The van der Waals surface area contributed by atoms with Crippen LogP contribution in [0.15, 0.2) is 30.3 Å². The molecule has 0 bridgehead atoms. The first-order valence-corrected chi connectivity index (χ1v) is 5.71. The largest absolute Gasteiger partial charge is 0.343 e. The fourth-order valence-electron chi connectivity index (χ4n) is 1.97. The van der Waals surface area contributed by atoms with Gasteiger partial charge >= 0.3 is 0 Å². The van der Waals surface area contributed by atoms with E-state index >= 15 is 0 Å². The second-order valence-corrected chi connectivity index (χ2v) is 4.37. The third-order valence-electron chi connectivity index (χ3n) is 2.86. The molecule has 0 spiro atoms. The van der Waals surface area contributed by atoms with E-state index in [0.29, 0.717) is 13.2 Å². The Morgan fingerprint density at radius 3 is 2.31 bits per heavy atom. The Kier molecular flexibility index (Phi) is 3.59. The second-order valence-electron chi connectivity index (χ2n) is 4.37. The number of hydrogen-bond donors (Lipinski definition) is 0. The first-order chi connectivity index (χ1) is 7.73. The lowest BCUT2D eigenvalue weighted by Gasteiger charge is -2.29. The van der Waals surface area contributed by atoms with Gasteiger partial charge in [-0.05, 0) is 14.1 Å². The zero-order chi connectivity index (χ0) is 11.4. The fourth-order valence-corrected chi connectivity index (χ4v) is 1.97. The van der Waals surface area contributed by atoms with Gasteiger partial charge in [0.15, 0.2) is 5.79 Å². The van der Waals surface area contributed by atoms with E-state index in [9.17, 15) is 0 Å². The standard InChI is InChI=1S/C13H19NO2/c1-14(2)9-8-13(15-10-11-16-13)12-6-4-3-5-7-12/h3-7H,8-11H2,1-2H3. The fraction of sp³-hybridized carbons (Fsp3) is 0.538. The van der Waals surface area contributed by atoms with Crippen LogP contribution in [0.5, 0.6) is 0 Å². The molecule has 2 rings (SSSR count). The minimum Gasteiger partial charge on any atom is -0.343 e. The molecule has 1 aromatic carbocycles. The lowest BCUT2D eigenvalue weighted by molar-refractivity contribution is -0.172. The minimum atomic E-state index is -0.522. The van der Waals surface area contributed by atoms with Crippen molar-refractivity contribution in [3.05, 3.63) is 35.9 Å². The van der Waals surface area contributed by atoms with Crippen LogP contribution in [0.4, 0.5) is 0 Å². The van der Waals surface area contributed by atoms with Gasteiger partial charge in [0.05, 0.1) is 13.2 Å². The van der Waals surface area contributed by atoms with Crippen molar-refractivity contribution in [2.45, 2.75) is 12.2 Å². The van der Waals surface area contributed by atoms with E-state index in [1.165, 1.54) is 0 Å². The molecule has 1 saturated heterocycles. The van der Waals surface area contributed by atoms with E-state index in [0.717, 1.165) is 18.5 Å². The Bertz CT molecular complexity index is 318. The van der Waals surface area contributed by atoms with Crippen LogP contribution in [0.3, 0.4) is 0 Å². The molecule has 1 fully saturated rings. The lowest BCUT2D eigenvalue weighted by Crippen LogP contribution is -2.31. The summed E-state index contributed by atoms with van der Waals surface area (Å²) in [4.78, 5) is 2.15. The maximum Gasteiger partial charge on any atom is 0.196 e. The van der Waals surface area contributed by atoms with Crippen molar-refractivity contribution in [3.8, 4) is 0 Å². The number of ether oxygens (including phenoxy) is 2. The first kappa shape index (κ1) is 11.6. The predicted octanol–water partition coefficient (Wildman–Crippen LogP) is 1.84. The summed E-state index contributed by atoms with van der Waals surface area (Å²) in [5.41, 5.74) is 1.12. The molecule has 3 nitrogen and oxygen atoms in total. The zero-order valence-electron chi connectivity index (χ0n) is 9.98. The van der Waals surface area contributed by atoms with Crippen molar-refractivity contribution >= 4 is 0 Å². The highest BCUT2D eigenvalue weighted by Crippen LogP contribution is 2.34. The summed E-state index contributed by atoms with van der Waals surface area (Å²) in [6.45, 7) is 2.32. The highest BCUT2D eigenvalue weighted by molar-refractivity contribution is 5.21. The first-order valence-electron chi connectivity index (χ1n) is 5.71. The molecule has 0 radical (unpaired) electrons. The van der Waals surface area contributed by atoms with E-state index in [-0.39, 0.29) is 0 Å². The average molecular weight is 221 g/mol. The summed E-state index contributed by atoms with van der Waals surface area (Å²) in [5.74, 6) is -0.522. The van der Waals surface area contributed by atoms with Gasteiger partial charge in [0.2, 0.25) is 0 Å². The summed E-state index contributed by atoms with van der Waals surface area (Å²) < 4.78 is 11.7. The maximum absolute atomic E-state index is 5.83. The van der Waals surface area contributed by atoms with Gasteiger partial charge in [-0.15, -0.1) is 0 Å². The lowest BCUT2D eigenvalue weighted by atomic mass is 10.0. The van der Waals surface area contributed by atoms with Crippen molar-refractivity contribution in [1.29, 1.82) is 0 Å². The highest BCUT2D eigenvalue weighted by atomic mass is 16.7.